The number of benzene rings is 1. The molecule has 1 heterocycles. The Balaban J connectivity index is 1.93. The summed E-state index contributed by atoms with van der Waals surface area (Å²) in [5, 5.41) is 5.08. The highest BCUT2D eigenvalue weighted by Crippen LogP contribution is 2.18. The summed E-state index contributed by atoms with van der Waals surface area (Å²) in [5.41, 5.74) is 6.93. The van der Waals surface area contributed by atoms with Gasteiger partial charge in [0.25, 0.3) is 0 Å². The highest BCUT2D eigenvalue weighted by atomic mass is 32.1. The number of anilines is 2. The molecule has 0 radical (unpaired) electrons. The van der Waals surface area contributed by atoms with Gasteiger partial charge >= 0.3 is 0 Å². The van der Waals surface area contributed by atoms with Crippen molar-refractivity contribution in [3.8, 4) is 5.75 Å². The Bertz CT molecular complexity index is 583. The van der Waals surface area contributed by atoms with Gasteiger partial charge in [-0.05, 0) is 18.6 Å². The number of rotatable bonds is 6. The predicted octanol–water partition coefficient (Wildman–Crippen LogP) is 2.70. The van der Waals surface area contributed by atoms with Crippen LogP contribution in [0.15, 0.2) is 29.6 Å². The largest absolute Gasteiger partial charge is 0.494 e. The smallest absolute Gasteiger partial charge is 0.230 e. The lowest BCUT2D eigenvalue weighted by molar-refractivity contribution is -0.115. The Morgan fingerprint density at radius 1 is 1.50 bits per heavy atom. The van der Waals surface area contributed by atoms with E-state index in [1.165, 1.54) is 11.3 Å². The second kappa shape index (κ2) is 6.91. The van der Waals surface area contributed by atoms with Crippen LogP contribution in [0.25, 0.3) is 0 Å². The highest BCUT2D eigenvalue weighted by molar-refractivity contribution is 7.13. The quantitative estimate of drug-likeness (QED) is 0.858. The molecule has 0 saturated heterocycles. The Morgan fingerprint density at radius 3 is 3.05 bits per heavy atom. The van der Waals surface area contributed by atoms with Crippen LogP contribution in [0.3, 0.4) is 0 Å². The minimum absolute atomic E-state index is 0.122. The van der Waals surface area contributed by atoms with Crippen LogP contribution in [-0.4, -0.2) is 17.5 Å². The molecule has 1 aromatic carbocycles. The molecular weight excluding hydrogens is 274 g/mol. The van der Waals surface area contributed by atoms with Gasteiger partial charge in [-0.25, -0.2) is 4.98 Å². The monoisotopic (exact) mass is 291 g/mol. The van der Waals surface area contributed by atoms with Crippen molar-refractivity contribution in [1.82, 2.24) is 4.98 Å². The van der Waals surface area contributed by atoms with E-state index in [0.29, 0.717) is 23.1 Å². The molecule has 5 nitrogen and oxygen atoms in total. The lowest BCUT2D eigenvalue weighted by Gasteiger charge is -2.08. The highest BCUT2D eigenvalue weighted by Gasteiger charge is 2.07. The topological polar surface area (TPSA) is 77.2 Å². The second-order valence-corrected chi connectivity index (χ2v) is 5.17. The summed E-state index contributed by atoms with van der Waals surface area (Å²) in [6.07, 6.45) is 1.16. The van der Waals surface area contributed by atoms with E-state index >= 15 is 0 Å². The third kappa shape index (κ3) is 4.24. The molecule has 0 saturated carbocycles. The Hall–Kier alpha value is -2.08. The number of carbonyl (C=O) groups is 1. The van der Waals surface area contributed by atoms with Crippen LogP contribution in [0.1, 0.15) is 19.0 Å². The summed E-state index contributed by atoms with van der Waals surface area (Å²) in [6, 6.07) is 7.35. The van der Waals surface area contributed by atoms with Gasteiger partial charge in [-0.1, -0.05) is 13.0 Å². The lowest BCUT2D eigenvalue weighted by Crippen LogP contribution is -2.14. The minimum Gasteiger partial charge on any atom is -0.494 e. The molecule has 2 rings (SSSR count). The summed E-state index contributed by atoms with van der Waals surface area (Å²) in [4.78, 5) is 15.9. The maximum absolute atomic E-state index is 11.9. The number of hydrogen-bond acceptors (Lipinski definition) is 5. The van der Waals surface area contributed by atoms with E-state index in [-0.39, 0.29) is 12.3 Å². The Kier molecular flexibility index (Phi) is 4.95. The molecule has 0 aliphatic heterocycles. The molecule has 3 N–H and O–H groups in total. The van der Waals surface area contributed by atoms with Crippen LogP contribution < -0.4 is 15.8 Å². The van der Waals surface area contributed by atoms with Crippen molar-refractivity contribution in [3.63, 3.8) is 0 Å². The number of ether oxygens (including phenoxy) is 1. The standard InChI is InChI=1S/C14H17N3O2S/c1-2-6-19-12-5-3-4-10(7-12)16-13(18)8-11-9-20-14(15)17-11/h3-5,7,9H,2,6,8H2,1H3,(H2,15,17)(H,16,18). The van der Waals surface area contributed by atoms with E-state index in [0.717, 1.165) is 12.2 Å². The molecule has 0 spiro atoms. The number of carbonyl (C=O) groups excluding carboxylic acids is 1. The molecule has 0 unspecified atom stereocenters. The first-order chi connectivity index (χ1) is 9.67. The zero-order valence-corrected chi connectivity index (χ0v) is 12.1. The number of nitrogens with one attached hydrogen (secondary N) is 1. The third-order valence-electron chi connectivity index (χ3n) is 2.50. The van der Waals surface area contributed by atoms with E-state index < -0.39 is 0 Å². The summed E-state index contributed by atoms with van der Waals surface area (Å²) >= 11 is 1.33. The maximum Gasteiger partial charge on any atom is 0.230 e. The number of aromatic nitrogens is 1. The fourth-order valence-corrected chi connectivity index (χ4v) is 2.22. The summed E-state index contributed by atoms with van der Waals surface area (Å²) < 4.78 is 5.52. The number of nitrogens with two attached hydrogens (primary N) is 1. The molecule has 0 aliphatic carbocycles. The fourth-order valence-electron chi connectivity index (χ4n) is 1.66. The number of nitrogens with zero attached hydrogens (tertiary/aromatic N) is 1. The van der Waals surface area contributed by atoms with Crippen molar-refractivity contribution in [2.45, 2.75) is 19.8 Å². The number of thiazole rings is 1. The summed E-state index contributed by atoms with van der Waals surface area (Å²) in [6.45, 7) is 2.71. The number of nitrogen functional groups attached to an aromatic ring is 1. The van der Waals surface area contributed by atoms with Crippen molar-refractivity contribution in [2.24, 2.45) is 0 Å². The van der Waals surface area contributed by atoms with Crippen LogP contribution in [0.5, 0.6) is 5.75 Å². The predicted molar refractivity (Wildman–Crippen MR) is 81.1 cm³/mol. The van der Waals surface area contributed by atoms with Gasteiger partial charge in [0.05, 0.1) is 18.7 Å². The molecule has 0 bridgehead atoms. The van der Waals surface area contributed by atoms with Gasteiger partial charge in [-0.2, -0.15) is 0 Å². The molecule has 0 aliphatic rings. The molecule has 0 fully saturated rings. The average Bonchev–Trinajstić information content (AvgIpc) is 2.82. The van der Waals surface area contributed by atoms with Crippen LogP contribution in [-0.2, 0) is 11.2 Å². The van der Waals surface area contributed by atoms with Crippen LogP contribution in [0.4, 0.5) is 10.8 Å². The van der Waals surface area contributed by atoms with Crippen molar-refractivity contribution in [2.75, 3.05) is 17.7 Å². The Labute approximate surface area is 121 Å². The SMILES string of the molecule is CCCOc1cccc(NC(=O)Cc2csc(N)n2)c1. The van der Waals surface area contributed by atoms with Crippen LogP contribution >= 0.6 is 11.3 Å². The van der Waals surface area contributed by atoms with Gasteiger partial charge < -0.3 is 15.8 Å². The normalized spacial score (nSPS) is 10.2. The van der Waals surface area contributed by atoms with Gasteiger partial charge in [-0.3, -0.25) is 4.79 Å². The number of amides is 1. The minimum atomic E-state index is -0.122. The molecule has 20 heavy (non-hydrogen) atoms. The molecule has 1 aromatic heterocycles. The molecule has 6 heteroatoms. The van der Waals surface area contributed by atoms with Crippen molar-refractivity contribution < 1.29 is 9.53 Å². The third-order valence-corrected chi connectivity index (χ3v) is 3.22. The zero-order chi connectivity index (χ0) is 14.4. The molecule has 106 valence electrons. The Morgan fingerprint density at radius 2 is 2.35 bits per heavy atom. The van der Waals surface area contributed by atoms with Crippen LogP contribution in [0, 0.1) is 0 Å². The van der Waals surface area contributed by atoms with Crippen molar-refractivity contribution >= 4 is 28.1 Å². The van der Waals surface area contributed by atoms with Gasteiger partial charge in [0.2, 0.25) is 5.91 Å². The molecule has 1 amide bonds. The van der Waals surface area contributed by atoms with E-state index in [4.69, 9.17) is 10.5 Å². The van der Waals surface area contributed by atoms with Gasteiger partial charge in [0.1, 0.15) is 5.75 Å². The number of hydrogen-bond donors (Lipinski definition) is 2. The van der Waals surface area contributed by atoms with Gasteiger partial charge in [0, 0.05) is 17.1 Å². The molecule has 0 atom stereocenters. The van der Waals surface area contributed by atoms with Gasteiger partial charge in [-0.15, -0.1) is 11.3 Å². The lowest BCUT2D eigenvalue weighted by atomic mass is 10.2. The van der Waals surface area contributed by atoms with E-state index in [1.807, 2.05) is 31.2 Å². The summed E-state index contributed by atoms with van der Waals surface area (Å²) in [7, 11) is 0. The molecule has 2 aromatic rings. The second-order valence-electron chi connectivity index (χ2n) is 4.28. The fraction of sp³-hybridized carbons (Fsp3) is 0.286. The maximum atomic E-state index is 11.9. The first kappa shape index (κ1) is 14.3. The van der Waals surface area contributed by atoms with Crippen LogP contribution in [0.2, 0.25) is 0 Å². The van der Waals surface area contributed by atoms with E-state index in [1.54, 1.807) is 5.38 Å². The van der Waals surface area contributed by atoms with E-state index in [2.05, 4.69) is 10.3 Å². The van der Waals surface area contributed by atoms with Gasteiger partial charge in [0.15, 0.2) is 5.13 Å². The summed E-state index contributed by atoms with van der Waals surface area (Å²) in [5.74, 6) is 0.630. The van der Waals surface area contributed by atoms with E-state index in [9.17, 15) is 4.79 Å². The van der Waals surface area contributed by atoms with Crippen molar-refractivity contribution in [3.05, 3.63) is 35.3 Å². The first-order valence-electron chi connectivity index (χ1n) is 6.40. The van der Waals surface area contributed by atoms with Crippen molar-refractivity contribution in [1.29, 1.82) is 0 Å². The first-order valence-corrected chi connectivity index (χ1v) is 7.28. The average molecular weight is 291 g/mol. The molecular formula is C14H17N3O2S. The zero-order valence-electron chi connectivity index (χ0n) is 11.3.